The van der Waals surface area contributed by atoms with Gasteiger partial charge in [0.15, 0.2) is 23.3 Å². The van der Waals surface area contributed by atoms with Crippen LogP contribution in [0.15, 0.2) is 18.2 Å². The summed E-state index contributed by atoms with van der Waals surface area (Å²) >= 11 is 0. The van der Waals surface area contributed by atoms with Gasteiger partial charge in [-0.15, -0.1) is 0 Å². The zero-order valence-electron chi connectivity index (χ0n) is 9.86. The summed E-state index contributed by atoms with van der Waals surface area (Å²) in [5.74, 6) is -13.6. The molecule has 0 aliphatic carbocycles. The third-order valence-corrected chi connectivity index (χ3v) is 2.40. The Kier molecular flexibility index (Phi) is 3.83. The Hall–Kier alpha value is -2.58. The van der Waals surface area contributed by atoms with Crippen molar-refractivity contribution in [2.45, 2.75) is 0 Å². The van der Waals surface area contributed by atoms with Gasteiger partial charge in [-0.05, 0) is 12.1 Å². The number of carbonyl (C=O) groups excluding carboxylic acids is 1. The van der Waals surface area contributed by atoms with Crippen LogP contribution < -0.4 is 5.32 Å². The van der Waals surface area contributed by atoms with Crippen molar-refractivity contribution in [3.8, 4) is 0 Å². The molecule has 2 rings (SSSR count). The molecule has 1 heterocycles. The Morgan fingerprint density at radius 1 is 0.857 bits per heavy atom. The fourth-order valence-electron chi connectivity index (χ4n) is 1.43. The van der Waals surface area contributed by atoms with Crippen LogP contribution in [0.4, 0.5) is 32.0 Å². The lowest BCUT2D eigenvalue weighted by Gasteiger charge is -2.09. The maximum atomic E-state index is 13.3. The summed E-state index contributed by atoms with van der Waals surface area (Å²) in [6, 6.07) is 2.97. The van der Waals surface area contributed by atoms with E-state index in [0.717, 1.165) is 18.2 Å². The lowest BCUT2D eigenvalue weighted by molar-refractivity contribution is 0.102. The predicted molar refractivity (Wildman–Crippen MR) is 58.4 cm³/mol. The van der Waals surface area contributed by atoms with Crippen molar-refractivity contribution in [2.24, 2.45) is 0 Å². The number of carbonyl (C=O) groups is 1. The van der Waals surface area contributed by atoms with Gasteiger partial charge < -0.3 is 5.32 Å². The lowest BCUT2D eigenvalue weighted by atomic mass is 10.2. The molecule has 3 nitrogen and oxygen atoms in total. The van der Waals surface area contributed by atoms with Crippen molar-refractivity contribution in [1.29, 1.82) is 0 Å². The molecular weight excluding hydrogens is 302 g/mol. The number of rotatable bonds is 2. The van der Waals surface area contributed by atoms with Crippen LogP contribution in [-0.2, 0) is 0 Å². The Bertz CT molecular complexity index is 705. The van der Waals surface area contributed by atoms with E-state index in [1.165, 1.54) is 5.32 Å². The Morgan fingerprint density at radius 2 is 1.38 bits per heavy atom. The fourth-order valence-corrected chi connectivity index (χ4v) is 1.43. The van der Waals surface area contributed by atoms with E-state index in [-0.39, 0.29) is 0 Å². The van der Waals surface area contributed by atoms with E-state index >= 15 is 0 Å². The minimum Gasteiger partial charge on any atom is -0.316 e. The molecule has 0 saturated heterocycles. The zero-order valence-corrected chi connectivity index (χ0v) is 9.86. The van der Waals surface area contributed by atoms with Gasteiger partial charge in [0.25, 0.3) is 5.91 Å². The second-order valence-corrected chi connectivity index (χ2v) is 3.74. The van der Waals surface area contributed by atoms with E-state index < -0.39 is 52.3 Å². The molecule has 1 N–H and O–H groups in total. The number of aromatic nitrogens is 1. The third-order valence-electron chi connectivity index (χ3n) is 2.40. The van der Waals surface area contributed by atoms with Gasteiger partial charge in [-0.2, -0.15) is 4.39 Å². The average Bonchev–Trinajstić information content (AvgIpc) is 2.47. The third kappa shape index (κ3) is 2.67. The first-order chi connectivity index (χ1) is 9.82. The molecule has 0 bridgehead atoms. The highest BCUT2D eigenvalue weighted by molar-refractivity contribution is 6.02. The number of hydrogen-bond acceptors (Lipinski definition) is 2. The van der Waals surface area contributed by atoms with E-state index in [1.54, 1.807) is 0 Å². The van der Waals surface area contributed by atoms with Crippen LogP contribution in [0.3, 0.4) is 0 Å². The molecular formula is C12H4F6N2O. The Balaban J connectivity index is 2.43. The molecule has 0 aliphatic rings. The van der Waals surface area contributed by atoms with Crippen molar-refractivity contribution < 1.29 is 31.1 Å². The molecule has 0 radical (unpaired) electrons. The van der Waals surface area contributed by atoms with Crippen LogP contribution in [0.5, 0.6) is 0 Å². The number of halogens is 6. The average molecular weight is 306 g/mol. The van der Waals surface area contributed by atoms with Crippen molar-refractivity contribution in [2.75, 3.05) is 5.32 Å². The van der Waals surface area contributed by atoms with Crippen LogP contribution in [0.25, 0.3) is 0 Å². The number of hydrogen-bond donors (Lipinski definition) is 1. The number of pyridine rings is 1. The first kappa shape index (κ1) is 14.8. The van der Waals surface area contributed by atoms with E-state index in [1.807, 2.05) is 0 Å². The van der Waals surface area contributed by atoms with Gasteiger partial charge in [-0.25, -0.2) is 26.9 Å². The van der Waals surface area contributed by atoms with Crippen LogP contribution in [0, 0.1) is 35.0 Å². The number of nitrogens with one attached hydrogen (secondary N) is 1. The summed E-state index contributed by atoms with van der Waals surface area (Å²) in [5.41, 5.74) is -2.14. The number of nitrogens with zero attached hydrogens (tertiary/aromatic N) is 1. The molecule has 1 aromatic carbocycles. The topological polar surface area (TPSA) is 42.0 Å². The molecule has 2 aromatic rings. The van der Waals surface area contributed by atoms with Crippen LogP contribution in [0.2, 0.25) is 0 Å². The summed E-state index contributed by atoms with van der Waals surface area (Å²) in [6.07, 6.45) is 0. The molecule has 0 aliphatic heterocycles. The fraction of sp³-hybridized carbons (Fsp3) is 0. The predicted octanol–water partition coefficient (Wildman–Crippen LogP) is 3.17. The minimum atomic E-state index is -2.35. The molecule has 0 unspecified atom stereocenters. The van der Waals surface area contributed by atoms with Crippen LogP contribution >= 0.6 is 0 Å². The van der Waals surface area contributed by atoms with Crippen molar-refractivity contribution >= 4 is 11.6 Å². The van der Waals surface area contributed by atoms with Gasteiger partial charge in [0.1, 0.15) is 11.4 Å². The molecule has 1 amide bonds. The normalized spacial score (nSPS) is 10.6. The van der Waals surface area contributed by atoms with Gasteiger partial charge in [0.05, 0.1) is 0 Å². The van der Waals surface area contributed by atoms with Gasteiger partial charge in [0.2, 0.25) is 11.8 Å². The summed E-state index contributed by atoms with van der Waals surface area (Å²) < 4.78 is 78.1. The quantitative estimate of drug-likeness (QED) is 0.401. The molecule has 9 heteroatoms. The van der Waals surface area contributed by atoms with Gasteiger partial charge in [-0.1, -0.05) is 6.07 Å². The summed E-state index contributed by atoms with van der Waals surface area (Å²) in [4.78, 5) is 14.7. The van der Waals surface area contributed by atoms with Gasteiger partial charge in [-0.3, -0.25) is 4.79 Å². The molecule has 110 valence electrons. The smallest absolute Gasteiger partial charge is 0.274 e. The number of anilines is 1. The highest BCUT2D eigenvalue weighted by Crippen LogP contribution is 2.27. The second-order valence-electron chi connectivity index (χ2n) is 3.74. The van der Waals surface area contributed by atoms with E-state index in [0.29, 0.717) is 0 Å². The molecule has 1 aromatic heterocycles. The summed E-state index contributed by atoms with van der Waals surface area (Å²) in [5, 5.41) is 1.47. The number of benzene rings is 1. The first-order valence-electron chi connectivity index (χ1n) is 5.28. The SMILES string of the molecule is O=C(Nc1c(F)c(F)c(F)c(F)c1F)c1cccc(F)n1. The second kappa shape index (κ2) is 5.43. The standard InChI is InChI=1S/C12H4F6N2O/c13-5-3-1-2-4(19-5)12(21)20-11-9(17)7(15)6(14)8(16)10(11)18/h1-3H,(H,20,21). The van der Waals surface area contributed by atoms with E-state index in [9.17, 15) is 31.1 Å². The van der Waals surface area contributed by atoms with Gasteiger partial charge in [0, 0.05) is 0 Å². The molecule has 0 saturated carbocycles. The largest absolute Gasteiger partial charge is 0.316 e. The van der Waals surface area contributed by atoms with Crippen molar-refractivity contribution in [3.63, 3.8) is 0 Å². The van der Waals surface area contributed by atoms with Crippen LogP contribution in [0.1, 0.15) is 10.5 Å². The molecule has 0 atom stereocenters. The Morgan fingerprint density at radius 3 is 1.90 bits per heavy atom. The van der Waals surface area contributed by atoms with Crippen LogP contribution in [-0.4, -0.2) is 10.9 Å². The maximum Gasteiger partial charge on any atom is 0.274 e. The highest BCUT2D eigenvalue weighted by atomic mass is 19.2. The molecule has 0 fully saturated rings. The summed E-state index contributed by atoms with van der Waals surface area (Å²) in [7, 11) is 0. The van der Waals surface area contributed by atoms with E-state index in [2.05, 4.69) is 4.98 Å². The molecule has 21 heavy (non-hydrogen) atoms. The number of amides is 1. The Labute approximate surface area is 113 Å². The molecule has 0 spiro atoms. The zero-order chi connectivity index (χ0) is 15.7. The lowest BCUT2D eigenvalue weighted by Crippen LogP contribution is -2.18. The maximum absolute atomic E-state index is 13.3. The minimum absolute atomic E-state index is 0.598. The highest BCUT2D eigenvalue weighted by Gasteiger charge is 2.27. The van der Waals surface area contributed by atoms with E-state index in [4.69, 9.17) is 0 Å². The van der Waals surface area contributed by atoms with Crippen molar-refractivity contribution in [3.05, 3.63) is 58.9 Å². The first-order valence-corrected chi connectivity index (χ1v) is 5.28. The van der Waals surface area contributed by atoms with Gasteiger partial charge >= 0.3 is 0 Å². The summed E-state index contributed by atoms with van der Waals surface area (Å²) in [6.45, 7) is 0. The van der Waals surface area contributed by atoms with Crippen molar-refractivity contribution in [1.82, 2.24) is 4.98 Å². The monoisotopic (exact) mass is 306 g/mol.